The van der Waals surface area contributed by atoms with Gasteiger partial charge < -0.3 is 15.4 Å². The number of phenolic OH excluding ortho intramolecular Hbond substituents is 1. The topological polar surface area (TPSA) is 138 Å². The van der Waals surface area contributed by atoms with Crippen LogP contribution in [0.15, 0.2) is 39.4 Å². The quantitative estimate of drug-likeness (QED) is 0.185. The van der Waals surface area contributed by atoms with Crippen LogP contribution in [0, 0.1) is 15.5 Å². The highest BCUT2D eigenvalue weighted by molar-refractivity contribution is 7.99. The molecular formula is C23H26N4O5S. The van der Waals surface area contributed by atoms with Crippen molar-refractivity contribution in [2.24, 2.45) is 5.41 Å². The van der Waals surface area contributed by atoms with E-state index < -0.39 is 27.8 Å². The van der Waals surface area contributed by atoms with Crippen molar-refractivity contribution >= 4 is 29.1 Å². The van der Waals surface area contributed by atoms with E-state index in [0.29, 0.717) is 40.6 Å². The Morgan fingerprint density at radius 3 is 2.76 bits per heavy atom. The van der Waals surface area contributed by atoms with Crippen molar-refractivity contribution in [3.8, 4) is 5.75 Å². The number of fused-ring (bicyclic) bond motifs is 1. The number of nitro benzene ring substituents is 1. The second kappa shape index (κ2) is 8.66. The summed E-state index contributed by atoms with van der Waals surface area (Å²) < 4.78 is 0. The fourth-order valence-corrected chi connectivity index (χ4v) is 5.42. The number of unbranched alkanes of at least 4 members (excludes halogenated alkanes) is 1. The van der Waals surface area contributed by atoms with Gasteiger partial charge in [-0.25, -0.2) is 4.98 Å². The smallest absolute Gasteiger partial charge is 0.310 e. The summed E-state index contributed by atoms with van der Waals surface area (Å²) in [6.45, 7) is 6.09. The molecule has 33 heavy (non-hydrogen) atoms. The van der Waals surface area contributed by atoms with Crippen LogP contribution in [0.4, 0.5) is 11.5 Å². The molecule has 2 aromatic rings. The SMILES string of the molecule is CCCCSc1nc2c(c(=O)[nH]1)C(c1ccc(O)c([N+](=O)[O-])c1)C1=C(CC(C)(C)CC1=O)N2. The van der Waals surface area contributed by atoms with E-state index in [9.17, 15) is 24.8 Å². The van der Waals surface area contributed by atoms with Crippen molar-refractivity contribution in [3.05, 3.63) is 61.1 Å². The van der Waals surface area contributed by atoms with Crippen LogP contribution >= 0.6 is 11.8 Å². The average molecular weight is 471 g/mol. The highest BCUT2D eigenvalue weighted by Gasteiger charge is 2.42. The Hall–Kier alpha value is -3.14. The number of Topliss-reactive ketones (excluding diaryl/α,β-unsaturated/α-hetero) is 1. The molecule has 2 heterocycles. The first-order valence-electron chi connectivity index (χ1n) is 10.9. The highest BCUT2D eigenvalue weighted by atomic mass is 32.2. The second-order valence-electron chi connectivity index (χ2n) is 9.23. The summed E-state index contributed by atoms with van der Waals surface area (Å²) in [5.74, 6) is -0.225. The van der Waals surface area contributed by atoms with Gasteiger partial charge in [-0.15, -0.1) is 0 Å². The molecule has 0 amide bonds. The fourth-order valence-electron chi connectivity index (χ4n) is 4.47. The number of aromatic hydroxyl groups is 1. The zero-order valence-electron chi connectivity index (χ0n) is 18.7. The van der Waals surface area contributed by atoms with Crippen molar-refractivity contribution < 1.29 is 14.8 Å². The molecule has 2 aliphatic rings. The van der Waals surface area contributed by atoms with Gasteiger partial charge in [0.25, 0.3) is 5.56 Å². The Balaban J connectivity index is 1.91. The maximum absolute atomic E-state index is 13.3. The molecule has 0 bridgehead atoms. The first-order valence-corrected chi connectivity index (χ1v) is 11.9. The number of allylic oxidation sites excluding steroid dienone is 2. The van der Waals surface area contributed by atoms with Crippen LogP contribution in [-0.4, -0.2) is 31.5 Å². The fraction of sp³-hybridized carbons (Fsp3) is 0.435. The molecule has 1 aromatic carbocycles. The molecule has 1 unspecified atom stereocenters. The van der Waals surface area contributed by atoms with Crippen LogP contribution < -0.4 is 10.9 Å². The lowest BCUT2D eigenvalue weighted by molar-refractivity contribution is -0.385. The largest absolute Gasteiger partial charge is 0.502 e. The number of phenols is 1. The van der Waals surface area contributed by atoms with Gasteiger partial charge in [-0.05, 0) is 29.9 Å². The first kappa shape index (κ1) is 23.0. The molecule has 1 atom stereocenters. The number of aromatic nitrogens is 2. The summed E-state index contributed by atoms with van der Waals surface area (Å²) in [6, 6.07) is 3.97. The van der Waals surface area contributed by atoms with E-state index in [1.54, 1.807) is 0 Å². The molecular weight excluding hydrogens is 444 g/mol. The molecule has 3 N–H and O–H groups in total. The number of aromatic amines is 1. The normalized spacial score (nSPS) is 19.0. The van der Waals surface area contributed by atoms with Crippen LogP contribution in [0.5, 0.6) is 5.75 Å². The Morgan fingerprint density at radius 1 is 1.30 bits per heavy atom. The van der Waals surface area contributed by atoms with Crippen LogP contribution in [0.25, 0.3) is 0 Å². The number of carbonyl (C=O) groups is 1. The molecule has 0 saturated carbocycles. The van der Waals surface area contributed by atoms with Crippen molar-refractivity contribution in [3.63, 3.8) is 0 Å². The maximum atomic E-state index is 13.3. The summed E-state index contributed by atoms with van der Waals surface area (Å²) in [5.41, 5.74) is 0.618. The predicted octanol–water partition coefficient (Wildman–Crippen LogP) is 4.48. The lowest BCUT2D eigenvalue weighted by Gasteiger charge is -2.38. The summed E-state index contributed by atoms with van der Waals surface area (Å²) in [4.78, 5) is 44.7. The Bertz CT molecular complexity index is 1230. The Kier molecular flexibility index (Phi) is 6.04. The zero-order valence-corrected chi connectivity index (χ0v) is 19.5. The number of rotatable bonds is 6. The van der Waals surface area contributed by atoms with E-state index in [1.165, 1.54) is 30.0 Å². The average Bonchev–Trinajstić information content (AvgIpc) is 2.71. The van der Waals surface area contributed by atoms with E-state index in [4.69, 9.17) is 0 Å². The summed E-state index contributed by atoms with van der Waals surface area (Å²) >= 11 is 1.46. The second-order valence-corrected chi connectivity index (χ2v) is 10.3. The van der Waals surface area contributed by atoms with Crippen LogP contribution in [0.1, 0.15) is 63.5 Å². The third kappa shape index (κ3) is 4.39. The number of hydrogen-bond donors (Lipinski definition) is 3. The number of thioether (sulfide) groups is 1. The lowest BCUT2D eigenvalue weighted by Crippen LogP contribution is -2.37. The number of anilines is 1. The van der Waals surface area contributed by atoms with E-state index >= 15 is 0 Å². The molecule has 1 aliphatic heterocycles. The van der Waals surface area contributed by atoms with E-state index in [2.05, 4.69) is 22.2 Å². The number of nitro groups is 1. The number of carbonyl (C=O) groups excluding carboxylic acids is 1. The zero-order chi connectivity index (χ0) is 23.9. The van der Waals surface area contributed by atoms with Gasteiger partial charge in [-0.2, -0.15) is 0 Å². The molecule has 4 rings (SSSR count). The summed E-state index contributed by atoms with van der Waals surface area (Å²) in [5, 5.41) is 25.1. The van der Waals surface area contributed by atoms with Gasteiger partial charge in [-0.3, -0.25) is 19.7 Å². The van der Waals surface area contributed by atoms with Crippen molar-refractivity contribution in [2.45, 2.75) is 57.5 Å². The first-order chi connectivity index (χ1) is 15.6. The molecule has 0 radical (unpaired) electrons. The standard InChI is InChI=1S/C23H26N4O5S/c1-4-5-8-33-22-25-20-19(21(30)26-22)17(12-6-7-15(28)14(9-12)27(31)32)18-13(24-20)10-23(2,3)11-16(18)29/h6-7,9,17,28H,4-5,8,10-11H2,1-3H3,(H2,24,25,26,30). The van der Waals surface area contributed by atoms with Crippen molar-refractivity contribution in [2.75, 3.05) is 11.1 Å². The van der Waals surface area contributed by atoms with Gasteiger partial charge in [0.05, 0.1) is 10.5 Å². The minimum atomic E-state index is -0.815. The molecule has 9 nitrogen and oxygen atoms in total. The van der Waals surface area contributed by atoms with Crippen LogP contribution in [-0.2, 0) is 4.79 Å². The number of hydrogen-bond acceptors (Lipinski definition) is 8. The van der Waals surface area contributed by atoms with Crippen molar-refractivity contribution in [1.82, 2.24) is 9.97 Å². The van der Waals surface area contributed by atoms with E-state index in [1.807, 2.05) is 13.8 Å². The third-order valence-electron chi connectivity index (χ3n) is 5.97. The molecule has 1 aliphatic carbocycles. The Labute approximate surface area is 194 Å². The monoisotopic (exact) mass is 470 g/mol. The molecule has 0 spiro atoms. The van der Waals surface area contributed by atoms with Crippen LogP contribution in [0.3, 0.4) is 0 Å². The minimum Gasteiger partial charge on any atom is -0.502 e. The highest BCUT2D eigenvalue weighted by Crippen LogP contribution is 2.48. The van der Waals surface area contributed by atoms with Crippen molar-refractivity contribution in [1.29, 1.82) is 0 Å². The number of H-pyrrole nitrogens is 1. The van der Waals surface area contributed by atoms with Crippen LogP contribution in [0.2, 0.25) is 0 Å². The molecule has 0 fully saturated rings. The van der Waals surface area contributed by atoms with E-state index in [0.717, 1.165) is 18.6 Å². The number of ketones is 1. The van der Waals surface area contributed by atoms with Gasteiger partial charge >= 0.3 is 5.69 Å². The third-order valence-corrected chi connectivity index (χ3v) is 6.93. The van der Waals surface area contributed by atoms with Gasteiger partial charge in [-0.1, -0.05) is 45.0 Å². The van der Waals surface area contributed by atoms with E-state index in [-0.39, 0.29) is 16.8 Å². The predicted molar refractivity (Wildman–Crippen MR) is 126 cm³/mol. The number of nitrogens with one attached hydrogen (secondary N) is 2. The van der Waals surface area contributed by atoms with Gasteiger partial charge in [0.1, 0.15) is 5.82 Å². The molecule has 10 heteroatoms. The summed E-state index contributed by atoms with van der Waals surface area (Å²) in [6.07, 6.45) is 2.89. The molecule has 0 saturated heterocycles. The minimum absolute atomic E-state index is 0.110. The molecule has 174 valence electrons. The lowest BCUT2D eigenvalue weighted by atomic mass is 9.69. The summed E-state index contributed by atoms with van der Waals surface area (Å²) in [7, 11) is 0. The Morgan fingerprint density at radius 2 is 2.06 bits per heavy atom. The van der Waals surface area contributed by atoms with Gasteiger partial charge in [0.15, 0.2) is 16.7 Å². The number of benzene rings is 1. The van der Waals surface area contributed by atoms with Gasteiger partial charge in [0, 0.05) is 35.4 Å². The maximum Gasteiger partial charge on any atom is 0.310 e. The molecule has 1 aromatic heterocycles. The van der Waals surface area contributed by atoms with Gasteiger partial charge in [0.2, 0.25) is 0 Å². The number of nitrogens with zero attached hydrogens (tertiary/aromatic N) is 2.